The lowest BCUT2D eigenvalue weighted by atomic mass is 9.99. The van der Waals surface area contributed by atoms with Gasteiger partial charge in [0.25, 0.3) is 0 Å². The van der Waals surface area contributed by atoms with Crippen molar-refractivity contribution in [2.24, 2.45) is 4.99 Å². The summed E-state index contributed by atoms with van der Waals surface area (Å²) in [7, 11) is 1.92. The van der Waals surface area contributed by atoms with Gasteiger partial charge in [0.15, 0.2) is 0 Å². The monoisotopic (exact) mass is 430 g/mol. The number of aryl methyl sites for hydroxylation is 1. The van der Waals surface area contributed by atoms with Gasteiger partial charge in [-0.25, -0.2) is 0 Å². The molecule has 0 amide bonds. The van der Waals surface area contributed by atoms with Gasteiger partial charge in [0.1, 0.15) is 11.2 Å². The number of halogens is 1. The topological polar surface area (TPSA) is 51.5 Å². The Bertz CT molecular complexity index is 898. The Hall–Kier alpha value is -1.95. The molecule has 0 saturated heterocycles. The summed E-state index contributed by atoms with van der Waals surface area (Å²) in [6.45, 7) is 14.0. The van der Waals surface area contributed by atoms with Crippen molar-refractivity contribution in [3.63, 3.8) is 0 Å². The maximum atomic E-state index is 8.45. The van der Waals surface area contributed by atoms with Gasteiger partial charge >= 0.3 is 0 Å². The standard InChI is InChI=1S/C21H25ClN4S.C2H6/c1-6-7-17-20(24-5)26(14(4)23)21-18(12(2)13(3)27-21)19(25-17)15-8-10-16(22)11-9-15;1-2/h6,8-11,17,20,23-24H,1,7H2,2-5H3;1-2H3. The number of aliphatic imine (C=N–C) groups is 1. The minimum atomic E-state index is -0.110. The van der Waals surface area contributed by atoms with Crippen molar-refractivity contribution in [1.29, 1.82) is 5.41 Å². The lowest BCUT2D eigenvalue weighted by Crippen LogP contribution is -2.52. The van der Waals surface area contributed by atoms with Crippen LogP contribution in [0.1, 0.15) is 48.8 Å². The zero-order chi connectivity index (χ0) is 21.7. The Morgan fingerprint density at radius 1 is 1.31 bits per heavy atom. The van der Waals surface area contributed by atoms with Crippen LogP contribution in [0.4, 0.5) is 5.00 Å². The van der Waals surface area contributed by atoms with E-state index >= 15 is 0 Å². The van der Waals surface area contributed by atoms with Gasteiger partial charge < -0.3 is 4.90 Å². The summed E-state index contributed by atoms with van der Waals surface area (Å²) in [4.78, 5) is 8.48. The number of nitrogens with zero attached hydrogens (tertiary/aromatic N) is 2. The number of nitrogens with one attached hydrogen (secondary N) is 2. The predicted molar refractivity (Wildman–Crippen MR) is 130 cm³/mol. The Labute approximate surface area is 183 Å². The van der Waals surface area contributed by atoms with Crippen LogP contribution >= 0.6 is 22.9 Å². The summed E-state index contributed by atoms with van der Waals surface area (Å²) < 4.78 is 0. The molecule has 156 valence electrons. The number of anilines is 1. The highest BCUT2D eigenvalue weighted by Gasteiger charge is 2.35. The van der Waals surface area contributed by atoms with E-state index in [0.717, 1.165) is 28.3 Å². The second-order valence-electron chi connectivity index (χ2n) is 6.73. The van der Waals surface area contributed by atoms with E-state index in [2.05, 4.69) is 30.6 Å². The van der Waals surface area contributed by atoms with Crippen LogP contribution in [0.15, 0.2) is 41.9 Å². The Kier molecular flexibility index (Phi) is 8.20. The average molecular weight is 431 g/mol. The van der Waals surface area contributed by atoms with Crippen LogP contribution in [-0.2, 0) is 0 Å². The number of hydrogen-bond donors (Lipinski definition) is 2. The average Bonchev–Trinajstić information content (AvgIpc) is 2.91. The Morgan fingerprint density at radius 2 is 1.93 bits per heavy atom. The van der Waals surface area contributed by atoms with Crippen LogP contribution in [0.5, 0.6) is 0 Å². The van der Waals surface area contributed by atoms with Gasteiger partial charge in [-0.2, -0.15) is 0 Å². The summed E-state index contributed by atoms with van der Waals surface area (Å²) in [5.74, 6) is 0.499. The number of likely N-dealkylation sites (N-methyl/N-ethyl adjacent to an activating group) is 1. The number of fused-ring (bicyclic) bond motifs is 1. The minimum Gasteiger partial charge on any atom is -0.303 e. The van der Waals surface area contributed by atoms with Crippen molar-refractivity contribution < 1.29 is 0 Å². The lowest BCUT2D eigenvalue weighted by molar-refractivity contribution is 0.477. The van der Waals surface area contributed by atoms with Crippen LogP contribution in [-0.4, -0.2) is 30.8 Å². The van der Waals surface area contributed by atoms with Gasteiger partial charge in [0, 0.05) is 21.0 Å². The summed E-state index contributed by atoms with van der Waals surface area (Å²) in [6, 6.07) is 7.78. The second-order valence-corrected chi connectivity index (χ2v) is 8.37. The molecule has 0 spiro atoms. The van der Waals surface area contributed by atoms with Gasteiger partial charge in [0.05, 0.1) is 17.6 Å². The van der Waals surface area contributed by atoms with Crippen molar-refractivity contribution in [2.75, 3.05) is 11.9 Å². The molecule has 2 heterocycles. The number of thiophene rings is 1. The third-order valence-corrected chi connectivity index (χ3v) is 6.40. The minimum absolute atomic E-state index is 0.0576. The summed E-state index contributed by atoms with van der Waals surface area (Å²) in [5.41, 5.74) is 4.32. The molecule has 6 heteroatoms. The largest absolute Gasteiger partial charge is 0.303 e. The summed E-state index contributed by atoms with van der Waals surface area (Å²) >= 11 is 7.83. The lowest BCUT2D eigenvalue weighted by Gasteiger charge is -2.33. The Balaban J connectivity index is 0.00000145. The normalized spacial score (nSPS) is 18.2. The van der Waals surface area contributed by atoms with Gasteiger partial charge in [-0.05, 0) is 51.9 Å². The third kappa shape index (κ3) is 4.63. The molecule has 1 aliphatic rings. The van der Waals surface area contributed by atoms with Crippen LogP contribution in [0, 0.1) is 19.3 Å². The molecular formula is C23H31ClN4S. The molecule has 2 N–H and O–H groups in total. The smallest absolute Gasteiger partial charge is 0.109 e. The van der Waals surface area contributed by atoms with E-state index in [1.807, 2.05) is 58.2 Å². The first-order valence-corrected chi connectivity index (χ1v) is 11.1. The fourth-order valence-corrected chi connectivity index (χ4v) is 4.89. The number of amidine groups is 1. The van der Waals surface area contributed by atoms with Crippen LogP contribution in [0.3, 0.4) is 0 Å². The van der Waals surface area contributed by atoms with Gasteiger partial charge in [-0.15, -0.1) is 17.9 Å². The zero-order valence-corrected chi connectivity index (χ0v) is 19.7. The van der Waals surface area contributed by atoms with Crippen molar-refractivity contribution in [1.82, 2.24) is 5.32 Å². The van der Waals surface area contributed by atoms with E-state index in [1.165, 1.54) is 10.4 Å². The molecule has 2 atom stereocenters. The molecular weight excluding hydrogens is 400 g/mol. The number of rotatable bonds is 4. The van der Waals surface area contributed by atoms with E-state index in [0.29, 0.717) is 10.9 Å². The first-order valence-electron chi connectivity index (χ1n) is 9.95. The second kappa shape index (κ2) is 10.2. The molecule has 1 aromatic heterocycles. The highest BCUT2D eigenvalue weighted by Crippen LogP contribution is 2.41. The van der Waals surface area contributed by atoms with E-state index in [-0.39, 0.29) is 12.2 Å². The molecule has 1 aliphatic heterocycles. The van der Waals surface area contributed by atoms with E-state index in [4.69, 9.17) is 22.0 Å². The molecule has 0 fully saturated rings. The highest BCUT2D eigenvalue weighted by atomic mass is 35.5. The van der Waals surface area contributed by atoms with Gasteiger partial charge in [0.2, 0.25) is 0 Å². The van der Waals surface area contributed by atoms with Crippen molar-refractivity contribution in [2.45, 2.75) is 53.2 Å². The van der Waals surface area contributed by atoms with Crippen molar-refractivity contribution >= 4 is 39.5 Å². The summed E-state index contributed by atoms with van der Waals surface area (Å²) in [6.07, 6.45) is 2.51. The molecule has 3 rings (SSSR count). The first kappa shape index (κ1) is 23.3. The van der Waals surface area contributed by atoms with Crippen molar-refractivity contribution in [3.8, 4) is 0 Å². The molecule has 0 saturated carbocycles. The molecule has 0 radical (unpaired) electrons. The fourth-order valence-electron chi connectivity index (χ4n) is 3.52. The fraction of sp³-hybridized carbons (Fsp3) is 0.391. The van der Waals surface area contributed by atoms with Gasteiger partial charge in [-0.1, -0.05) is 43.7 Å². The first-order chi connectivity index (χ1) is 13.9. The number of benzene rings is 1. The SMILES string of the molecule is C=CCC1N=C(c2ccc(Cl)cc2)c2c(sc(C)c2C)N(C(C)=N)C1NC.CC. The van der Waals surface area contributed by atoms with Crippen LogP contribution < -0.4 is 10.2 Å². The molecule has 2 aromatic rings. The summed E-state index contributed by atoms with van der Waals surface area (Å²) in [5, 5.41) is 13.6. The van der Waals surface area contributed by atoms with E-state index in [9.17, 15) is 0 Å². The molecule has 29 heavy (non-hydrogen) atoms. The molecule has 1 aromatic carbocycles. The van der Waals surface area contributed by atoms with Crippen LogP contribution in [0.25, 0.3) is 0 Å². The van der Waals surface area contributed by atoms with Gasteiger partial charge in [-0.3, -0.25) is 15.7 Å². The van der Waals surface area contributed by atoms with Crippen LogP contribution in [0.2, 0.25) is 5.02 Å². The van der Waals surface area contributed by atoms with Crippen molar-refractivity contribution in [3.05, 3.63) is 63.5 Å². The third-order valence-electron chi connectivity index (χ3n) is 4.94. The molecule has 0 bridgehead atoms. The highest BCUT2D eigenvalue weighted by molar-refractivity contribution is 7.17. The maximum absolute atomic E-state index is 8.45. The van der Waals surface area contributed by atoms with E-state index in [1.54, 1.807) is 11.3 Å². The molecule has 0 aliphatic carbocycles. The van der Waals surface area contributed by atoms with E-state index < -0.39 is 0 Å². The quantitative estimate of drug-likeness (QED) is 0.345. The zero-order valence-electron chi connectivity index (χ0n) is 18.1. The maximum Gasteiger partial charge on any atom is 0.109 e. The molecule has 2 unspecified atom stereocenters. The number of hydrogen-bond acceptors (Lipinski definition) is 4. The Morgan fingerprint density at radius 3 is 2.45 bits per heavy atom. The predicted octanol–water partition coefficient (Wildman–Crippen LogP) is 6.19. The molecule has 4 nitrogen and oxygen atoms in total.